The maximum absolute atomic E-state index is 11.2. The van der Waals surface area contributed by atoms with E-state index in [9.17, 15) is 4.21 Å². The highest BCUT2D eigenvalue weighted by atomic mass is 32.2. The second-order valence-corrected chi connectivity index (χ2v) is 5.20. The topological polar surface area (TPSA) is 72.9 Å². The van der Waals surface area contributed by atoms with E-state index in [1.165, 1.54) is 0 Å². The van der Waals surface area contributed by atoms with Crippen LogP contribution in [0.1, 0.15) is 12.6 Å². The molecule has 0 spiro atoms. The Morgan fingerprint density at radius 2 is 2.27 bits per heavy atom. The number of hydrogen-bond donors (Lipinski definition) is 2. The van der Waals surface area contributed by atoms with Crippen molar-refractivity contribution in [1.82, 2.24) is 9.78 Å². The molecule has 0 radical (unpaired) electrons. The lowest BCUT2D eigenvalue weighted by molar-refractivity contribution is 0.683. The fourth-order valence-corrected chi connectivity index (χ4v) is 1.93. The van der Waals surface area contributed by atoms with Crippen molar-refractivity contribution in [1.29, 1.82) is 0 Å². The lowest BCUT2D eigenvalue weighted by atomic mass is 10.4. The van der Waals surface area contributed by atoms with Crippen molar-refractivity contribution in [2.75, 3.05) is 29.1 Å². The van der Waals surface area contributed by atoms with Gasteiger partial charge in [-0.3, -0.25) is 8.89 Å². The van der Waals surface area contributed by atoms with Crippen LogP contribution in [0.4, 0.5) is 11.5 Å². The number of nitrogens with one attached hydrogen (secondary N) is 1. The standard InChI is InChI=1S/C9H18N4OS/c1-4-15(14)6-5-11-9-8(10)7(2)12-13(9)3/h11H,4-6,10H2,1-3H3. The van der Waals surface area contributed by atoms with Crippen LogP contribution in [0.15, 0.2) is 0 Å². The van der Waals surface area contributed by atoms with Crippen LogP contribution >= 0.6 is 0 Å². The molecule has 15 heavy (non-hydrogen) atoms. The van der Waals surface area contributed by atoms with Gasteiger partial charge in [-0.15, -0.1) is 0 Å². The molecule has 0 saturated heterocycles. The average molecular weight is 230 g/mol. The summed E-state index contributed by atoms with van der Waals surface area (Å²) in [5, 5.41) is 7.33. The van der Waals surface area contributed by atoms with E-state index < -0.39 is 10.8 Å². The lowest BCUT2D eigenvalue weighted by Gasteiger charge is -2.06. The number of nitrogens with zero attached hydrogens (tertiary/aromatic N) is 2. The molecule has 5 nitrogen and oxygen atoms in total. The van der Waals surface area contributed by atoms with Gasteiger partial charge in [-0.25, -0.2) is 0 Å². The number of hydrogen-bond acceptors (Lipinski definition) is 4. The molecule has 0 amide bonds. The van der Waals surface area contributed by atoms with Gasteiger partial charge in [0.05, 0.1) is 11.4 Å². The Kier molecular flexibility index (Phi) is 4.14. The molecule has 0 aliphatic heterocycles. The van der Waals surface area contributed by atoms with Crippen molar-refractivity contribution in [3.8, 4) is 0 Å². The fourth-order valence-electron chi connectivity index (χ4n) is 1.31. The van der Waals surface area contributed by atoms with Crippen molar-refractivity contribution < 1.29 is 4.21 Å². The molecule has 1 atom stereocenters. The number of aryl methyl sites for hydroxylation is 2. The van der Waals surface area contributed by atoms with E-state index in [0.29, 0.717) is 23.7 Å². The predicted octanol–water partition coefficient (Wildman–Crippen LogP) is 0.491. The molecule has 0 fully saturated rings. The minimum absolute atomic E-state index is 0.639. The summed E-state index contributed by atoms with van der Waals surface area (Å²) in [4.78, 5) is 0. The van der Waals surface area contributed by atoms with Gasteiger partial charge in [0.15, 0.2) is 0 Å². The Morgan fingerprint density at radius 1 is 1.60 bits per heavy atom. The van der Waals surface area contributed by atoms with Gasteiger partial charge in [-0.05, 0) is 6.92 Å². The predicted molar refractivity (Wildman–Crippen MR) is 64.4 cm³/mol. The molecule has 1 aromatic rings. The molecule has 0 saturated carbocycles. The maximum atomic E-state index is 11.2. The number of nitrogens with two attached hydrogens (primary N) is 1. The summed E-state index contributed by atoms with van der Waals surface area (Å²) < 4.78 is 12.9. The normalized spacial score (nSPS) is 12.7. The molecule has 0 bridgehead atoms. The van der Waals surface area contributed by atoms with E-state index in [0.717, 1.165) is 11.5 Å². The molecule has 3 N–H and O–H groups in total. The summed E-state index contributed by atoms with van der Waals surface area (Å²) in [5.74, 6) is 2.14. The van der Waals surface area contributed by atoms with Gasteiger partial charge in [-0.1, -0.05) is 6.92 Å². The third-order valence-electron chi connectivity index (χ3n) is 2.21. The lowest BCUT2D eigenvalue weighted by Crippen LogP contribution is -2.14. The number of nitrogen functional groups attached to an aromatic ring is 1. The van der Waals surface area contributed by atoms with E-state index in [1.807, 2.05) is 20.9 Å². The molecule has 0 aromatic carbocycles. The molecular weight excluding hydrogens is 212 g/mol. The maximum Gasteiger partial charge on any atom is 0.147 e. The van der Waals surface area contributed by atoms with Crippen LogP contribution in [-0.2, 0) is 17.8 Å². The van der Waals surface area contributed by atoms with Crippen LogP contribution in [0, 0.1) is 6.92 Å². The van der Waals surface area contributed by atoms with Crippen LogP contribution in [0.5, 0.6) is 0 Å². The van der Waals surface area contributed by atoms with E-state index in [-0.39, 0.29) is 0 Å². The molecular formula is C9H18N4OS. The average Bonchev–Trinajstić information content (AvgIpc) is 2.44. The summed E-state index contributed by atoms with van der Waals surface area (Å²) in [6, 6.07) is 0. The Balaban J connectivity index is 2.54. The van der Waals surface area contributed by atoms with Gasteiger partial charge in [0.2, 0.25) is 0 Å². The summed E-state index contributed by atoms with van der Waals surface area (Å²) in [7, 11) is 1.10. The first-order valence-electron chi connectivity index (χ1n) is 4.94. The van der Waals surface area contributed by atoms with Crippen molar-refractivity contribution in [2.24, 2.45) is 7.05 Å². The Bertz CT molecular complexity index is 361. The quantitative estimate of drug-likeness (QED) is 0.772. The molecule has 86 valence electrons. The zero-order chi connectivity index (χ0) is 11.4. The fraction of sp³-hybridized carbons (Fsp3) is 0.667. The SMILES string of the molecule is CCS(=O)CCNc1c(N)c(C)nn1C. The highest BCUT2D eigenvalue weighted by Gasteiger charge is 2.08. The van der Waals surface area contributed by atoms with Crippen LogP contribution in [0.3, 0.4) is 0 Å². The van der Waals surface area contributed by atoms with Crippen molar-refractivity contribution in [3.63, 3.8) is 0 Å². The second kappa shape index (κ2) is 5.16. The largest absolute Gasteiger partial charge is 0.394 e. The van der Waals surface area contributed by atoms with Crippen molar-refractivity contribution in [3.05, 3.63) is 5.69 Å². The molecule has 1 unspecified atom stereocenters. The summed E-state index contributed by atoms with van der Waals surface area (Å²) >= 11 is 0. The second-order valence-electron chi connectivity index (χ2n) is 3.33. The van der Waals surface area contributed by atoms with Crippen LogP contribution in [0.25, 0.3) is 0 Å². The Morgan fingerprint density at radius 3 is 2.73 bits per heavy atom. The number of anilines is 2. The van der Waals surface area contributed by atoms with Gasteiger partial charge in [0, 0.05) is 35.9 Å². The monoisotopic (exact) mass is 230 g/mol. The smallest absolute Gasteiger partial charge is 0.147 e. The van der Waals surface area contributed by atoms with Crippen molar-refractivity contribution >= 4 is 22.3 Å². The van der Waals surface area contributed by atoms with E-state index in [1.54, 1.807) is 4.68 Å². The minimum atomic E-state index is -0.740. The van der Waals surface area contributed by atoms with Gasteiger partial charge in [0.25, 0.3) is 0 Å². The number of rotatable bonds is 5. The minimum Gasteiger partial charge on any atom is -0.394 e. The van der Waals surface area contributed by atoms with Crippen molar-refractivity contribution in [2.45, 2.75) is 13.8 Å². The van der Waals surface area contributed by atoms with Gasteiger partial charge in [0.1, 0.15) is 5.82 Å². The summed E-state index contributed by atoms with van der Waals surface area (Å²) in [5.41, 5.74) is 7.31. The molecule has 0 aliphatic carbocycles. The molecule has 0 aliphatic rings. The van der Waals surface area contributed by atoms with Crippen LogP contribution < -0.4 is 11.1 Å². The van der Waals surface area contributed by atoms with Gasteiger partial charge in [-0.2, -0.15) is 5.10 Å². The summed E-state index contributed by atoms with van der Waals surface area (Å²) in [6.07, 6.45) is 0. The Hall–Kier alpha value is -1.04. The van der Waals surface area contributed by atoms with Crippen LogP contribution in [-0.4, -0.2) is 32.0 Å². The highest BCUT2D eigenvalue weighted by molar-refractivity contribution is 7.84. The van der Waals surface area contributed by atoms with Crippen LogP contribution in [0.2, 0.25) is 0 Å². The molecule has 6 heteroatoms. The third-order valence-corrected chi connectivity index (χ3v) is 3.52. The zero-order valence-electron chi connectivity index (χ0n) is 9.41. The Labute approximate surface area is 92.5 Å². The summed E-state index contributed by atoms with van der Waals surface area (Å²) in [6.45, 7) is 4.44. The molecule has 1 heterocycles. The van der Waals surface area contributed by atoms with E-state index in [2.05, 4.69) is 10.4 Å². The first-order chi connectivity index (χ1) is 7.06. The third kappa shape index (κ3) is 2.95. The van der Waals surface area contributed by atoms with E-state index >= 15 is 0 Å². The van der Waals surface area contributed by atoms with Gasteiger partial charge < -0.3 is 11.1 Å². The zero-order valence-corrected chi connectivity index (χ0v) is 10.2. The molecule has 1 rings (SSSR count). The van der Waals surface area contributed by atoms with Gasteiger partial charge >= 0.3 is 0 Å². The first-order valence-corrected chi connectivity index (χ1v) is 6.43. The van der Waals surface area contributed by atoms with E-state index in [4.69, 9.17) is 5.73 Å². The first kappa shape index (κ1) is 12.0. The highest BCUT2D eigenvalue weighted by Crippen LogP contribution is 2.20. The number of aromatic nitrogens is 2. The molecule has 1 aromatic heterocycles.